The van der Waals surface area contributed by atoms with Crippen molar-refractivity contribution < 1.29 is 23.4 Å². The number of hydrogen-bond donors (Lipinski definition) is 1. The molecule has 106 valence electrons. The molecule has 0 aromatic heterocycles. The molecule has 6 heteroatoms. The van der Waals surface area contributed by atoms with Gasteiger partial charge in [0.1, 0.15) is 11.3 Å². The standard InChI is InChI=1S/C13H17F2NO3/c1-13(2,11(17)18)16(3)8-9-6-4-5-7-10(9)19-12(14)15/h4-7,12H,8H2,1-3H3,(H,17,18). The van der Waals surface area contributed by atoms with Crippen LogP contribution >= 0.6 is 0 Å². The van der Waals surface area contributed by atoms with Crippen molar-refractivity contribution in [2.45, 2.75) is 32.5 Å². The van der Waals surface area contributed by atoms with E-state index in [4.69, 9.17) is 5.11 Å². The zero-order chi connectivity index (χ0) is 14.6. The Bertz CT molecular complexity index is 449. The summed E-state index contributed by atoms with van der Waals surface area (Å²) in [7, 11) is 1.62. The molecule has 4 nitrogen and oxygen atoms in total. The summed E-state index contributed by atoms with van der Waals surface area (Å²) in [5.74, 6) is -0.923. The fourth-order valence-electron chi connectivity index (χ4n) is 1.46. The normalized spacial score (nSPS) is 11.9. The number of benzene rings is 1. The zero-order valence-electron chi connectivity index (χ0n) is 11.1. The van der Waals surface area contributed by atoms with E-state index >= 15 is 0 Å². The van der Waals surface area contributed by atoms with Crippen molar-refractivity contribution in [3.05, 3.63) is 29.8 Å². The van der Waals surface area contributed by atoms with Gasteiger partial charge >= 0.3 is 12.6 Å². The Morgan fingerprint density at radius 1 is 1.42 bits per heavy atom. The fraction of sp³-hybridized carbons (Fsp3) is 0.462. The second-order valence-electron chi connectivity index (χ2n) is 4.71. The molecule has 0 aliphatic carbocycles. The number of nitrogens with zero attached hydrogens (tertiary/aromatic N) is 1. The van der Waals surface area contributed by atoms with Crippen LogP contribution < -0.4 is 4.74 Å². The lowest BCUT2D eigenvalue weighted by molar-refractivity contribution is -0.148. The number of likely N-dealkylation sites (N-methyl/N-ethyl adjacent to an activating group) is 1. The van der Waals surface area contributed by atoms with E-state index in [0.29, 0.717) is 5.56 Å². The number of carboxylic acid groups (broad SMARTS) is 1. The molecule has 0 spiro atoms. The Kier molecular flexibility index (Phi) is 4.83. The van der Waals surface area contributed by atoms with Crippen molar-refractivity contribution >= 4 is 5.97 Å². The van der Waals surface area contributed by atoms with Gasteiger partial charge < -0.3 is 9.84 Å². The lowest BCUT2D eigenvalue weighted by Crippen LogP contribution is -2.47. The van der Waals surface area contributed by atoms with Crippen molar-refractivity contribution in [3.63, 3.8) is 0 Å². The Morgan fingerprint density at radius 2 is 2.00 bits per heavy atom. The largest absolute Gasteiger partial charge is 0.480 e. The summed E-state index contributed by atoms with van der Waals surface area (Å²) in [6.07, 6.45) is 0. The first-order valence-electron chi connectivity index (χ1n) is 5.72. The van der Waals surface area contributed by atoms with E-state index in [-0.39, 0.29) is 12.3 Å². The first-order valence-corrected chi connectivity index (χ1v) is 5.72. The summed E-state index contributed by atoms with van der Waals surface area (Å²) < 4.78 is 29.0. The molecular weight excluding hydrogens is 256 g/mol. The van der Waals surface area contributed by atoms with Gasteiger partial charge in [-0.3, -0.25) is 9.69 Å². The van der Waals surface area contributed by atoms with E-state index in [9.17, 15) is 13.6 Å². The van der Waals surface area contributed by atoms with Crippen LogP contribution in [-0.2, 0) is 11.3 Å². The molecule has 0 heterocycles. The summed E-state index contributed by atoms with van der Waals surface area (Å²) in [6.45, 7) is 0.388. The van der Waals surface area contributed by atoms with E-state index in [1.165, 1.54) is 6.07 Å². The van der Waals surface area contributed by atoms with Gasteiger partial charge in [-0.15, -0.1) is 0 Å². The second kappa shape index (κ2) is 5.97. The van der Waals surface area contributed by atoms with Crippen LogP contribution in [-0.4, -0.2) is 35.2 Å². The minimum absolute atomic E-state index is 0.0607. The van der Waals surface area contributed by atoms with E-state index in [2.05, 4.69) is 4.74 Å². The number of ether oxygens (including phenoxy) is 1. The number of rotatable bonds is 6. The van der Waals surface area contributed by atoms with E-state index in [1.807, 2.05) is 0 Å². The maximum Gasteiger partial charge on any atom is 0.387 e. The summed E-state index contributed by atoms with van der Waals surface area (Å²) in [5.41, 5.74) is -0.586. The summed E-state index contributed by atoms with van der Waals surface area (Å²) in [4.78, 5) is 12.7. The number of halogens is 2. The van der Waals surface area contributed by atoms with Gasteiger partial charge in [0.15, 0.2) is 0 Å². The molecule has 1 N–H and O–H groups in total. The number of carbonyl (C=O) groups is 1. The van der Waals surface area contributed by atoms with Crippen LogP contribution in [0.5, 0.6) is 5.75 Å². The quantitative estimate of drug-likeness (QED) is 0.865. The van der Waals surface area contributed by atoms with Gasteiger partial charge in [-0.25, -0.2) is 0 Å². The molecule has 19 heavy (non-hydrogen) atoms. The smallest absolute Gasteiger partial charge is 0.387 e. The van der Waals surface area contributed by atoms with E-state index in [0.717, 1.165) is 0 Å². The topological polar surface area (TPSA) is 49.8 Å². The lowest BCUT2D eigenvalue weighted by atomic mass is 10.0. The number of alkyl halides is 2. The SMILES string of the molecule is CN(Cc1ccccc1OC(F)F)C(C)(C)C(=O)O. The van der Waals surface area contributed by atoms with Crippen LogP contribution in [0.3, 0.4) is 0 Å². The predicted molar refractivity (Wildman–Crippen MR) is 66.3 cm³/mol. The van der Waals surface area contributed by atoms with Crippen LogP contribution in [0.25, 0.3) is 0 Å². The van der Waals surface area contributed by atoms with Crippen molar-refractivity contribution in [1.82, 2.24) is 4.90 Å². The van der Waals surface area contributed by atoms with Gasteiger partial charge in [-0.1, -0.05) is 18.2 Å². The molecule has 0 bridgehead atoms. The fourth-order valence-corrected chi connectivity index (χ4v) is 1.46. The minimum Gasteiger partial charge on any atom is -0.480 e. The van der Waals surface area contributed by atoms with E-state index < -0.39 is 18.1 Å². The molecule has 0 unspecified atom stereocenters. The Labute approximate surface area is 110 Å². The van der Waals surface area contributed by atoms with Crippen LogP contribution in [0, 0.1) is 0 Å². The third kappa shape index (κ3) is 3.89. The number of carboxylic acids is 1. The number of para-hydroxylation sites is 1. The molecule has 0 radical (unpaired) electrons. The highest BCUT2D eigenvalue weighted by molar-refractivity contribution is 5.77. The maximum absolute atomic E-state index is 12.3. The average molecular weight is 273 g/mol. The third-order valence-electron chi connectivity index (χ3n) is 3.07. The van der Waals surface area contributed by atoms with Gasteiger partial charge in [-0.05, 0) is 27.0 Å². The van der Waals surface area contributed by atoms with Crippen LogP contribution in [0.15, 0.2) is 24.3 Å². The summed E-state index contributed by atoms with van der Waals surface area (Å²) in [6, 6.07) is 6.34. The number of hydrogen-bond acceptors (Lipinski definition) is 3. The molecular formula is C13H17F2NO3. The van der Waals surface area contributed by atoms with Gasteiger partial charge in [0.2, 0.25) is 0 Å². The van der Waals surface area contributed by atoms with Crippen molar-refractivity contribution in [2.75, 3.05) is 7.05 Å². The van der Waals surface area contributed by atoms with Crippen LogP contribution in [0.2, 0.25) is 0 Å². The number of aliphatic carboxylic acids is 1. The molecule has 0 aliphatic rings. The summed E-state index contributed by atoms with van der Waals surface area (Å²) >= 11 is 0. The average Bonchev–Trinajstić information content (AvgIpc) is 2.30. The highest BCUT2D eigenvalue weighted by Crippen LogP contribution is 2.24. The highest BCUT2D eigenvalue weighted by atomic mass is 19.3. The first-order chi connectivity index (χ1) is 8.75. The Balaban J connectivity index is 2.90. The molecule has 1 rings (SSSR count). The summed E-state index contributed by atoms with van der Waals surface area (Å²) in [5, 5.41) is 9.11. The Hall–Kier alpha value is -1.69. The van der Waals surface area contributed by atoms with Crippen molar-refractivity contribution in [3.8, 4) is 5.75 Å². The van der Waals surface area contributed by atoms with Crippen LogP contribution in [0.1, 0.15) is 19.4 Å². The van der Waals surface area contributed by atoms with Crippen molar-refractivity contribution in [1.29, 1.82) is 0 Å². The second-order valence-corrected chi connectivity index (χ2v) is 4.71. The van der Waals surface area contributed by atoms with Gasteiger partial charge in [0.05, 0.1) is 0 Å². The molecule has 0 saturated carbocycles. The van der Waals surface area contributed by atoms with Crippen LogP contribution in [0.4, 0.5) is 8.78 Å². The third-order valence-corrected chi connectivity index (χ3v) is 3.07. The molecule has 0 saturated heterocycles. The zero-order valence-corrected chi connectivity index (χ0v) is 11.1. The van der Waals surface area contributed by atoms with Gasteiger partial charge in [0, 0.05) is 12.1 Å². The molecule has 0 aliphatic heterocycles. The van der Waals surface area contributed by atoms with Gasteiger partial charge in [-0.2, -0.15) is 8.78 Å². The minimum atomic E-state index is -2.90. The molecule has 1 aromatic carbocycles. The van der Waals surface area contributed by atoms with Gasteiger partial charge in [0.25, 0.3) is 0 Å². The van der Waals surface area contributed by atoms with Crippen molar-refractivity contribution in [2.24, 2.45) is 0 Å². The maximum atomic E-state index is 12.3. The first kappa shape index (κ1) is 15.4. The molecule has 0 atom stereocenters. The monoisotopic (exact) mass is 273 g/mol. The molecule has 1 aromatic rings. The Morgan fingerprint density at radius 3 is 2.53 bits per heavy atom. The lowest BCUT2D eigenvalue weighted by Gasteiger charge is -2.31. The predicted octanol–water partition coefficient (Wildman–Crippen LogP) is 2.58. The van der Waals surface area contributed by atoms with E-state index in [1.54, 1.807) is 44.0 Å². The molecule has 0 amide bonds. The highest BCUT2D eigenvalue weighted by Gasteiger charge is 2.32. The molecule has 0 fully saturated rings.